The molecule has 0 aromatic carbocycles. The van der Waals surface area contributed by atoms with E-state index in [2.05, 4.69) is 51.3 Å². The summed E-state index contributed by atoms with van der Waals surface area (Å²) in [5.41, 5.74) is 1.23. The van der Waals surface area contributed by atoms with E-state index in [0.717, 1.165) is 30.8 Å². The second kappa shape index (κ2) is 7.22. The number of rotatable bonds is 5. The summed E-state index contributed by atoms with van der Waals surface area (Å²) in [6.07, 6.45) is 5.92. The van der Waals surface area contributed by atoms with Crippen molar-refractivity contribution >= 4 is 8.32 Å². The van der Waals surface area contributed by atoms with Crippen LogP contribution in [0.15, 0.2) is 48.8 Å². The van der Waals surface area contributed by atoms with E-state index >= 15 is 0 Å². The van der Waals surface area contributed by atoms with Crippen LogP contribution < -0.4 is 5.32 Å². The average molecular weight is 370 g/mol. The van der Waals surface area contributed by atoms with Crippen molar-refractivity contribution in [2.24, 2.45) is 0 Å². The maximum absolute atomic E-state index is 7.20. The predicted octanol–water partition coefficient (Wildman–Crippen LogP) is 4.49. The van der Waals surface area contributed by atoms with Crippen molar-refractivity contribution in [2.75, 3.05) is 6.54 Å². The Morgan fingerprint density at radius 1 is 1.00 bits per heavy atom. The van der Waals surface area contributed by atoms with Gasteiger partial charge in [-0.3, -0.25) is 9.97 Å². The van der Waals surface area contributed by atoms with Gasteiger partial charge in [0.05, 0.1) is 11.4 Å². The van der Waals surface area contributed by atoms with Gasteiger partial charge < -0.3 is 9.74 Å². The van der Waals surface area contributed by atoms with Crippen LogP contribution in [0, 0.1) is 0 Å². The van der Waals surface area contributed by atoms with Gasteiger partial charge in [0.15, 0.2) is 13.9 Å². The number of nitrogens with zero attached hydrogens (tertiary/aromatic N) is 2. The molecule has 1 aliphatic rings. The second-order valence-electron chi connectivity index (χ2n) is 8.68. The third-order valence-corrected chi connectivity index (χ3v) is 10.3. The van der Waals surface area contributed by atoms with Gasteiger partial charge >= 0.3 is 0 Å². The lowest BCUT2D eigenvalue weighted by Gasteiger charge is -2.47. The summed E-state index contributed by atoms with van der Waals surface area (Å²) < 4.78 is 7.20. The van der Waals surface area contributed by atoms with Crippen LogP contribution in [0.3, 0.4) is 0 Å². The van der Waals surface area contributed by atoms with E-state index in [1.165, 1.54) is 0 Å². The Bertz CT molecular complexity index is 668. The average Bonchev–Trinajstić information content (AvgIpc) is 3.15. The van der Waals surface area contributed by atoms with Gasteiger partial charge in [-0.25, -0.2) is 0 Å². The minimum absolute atomic E-state index is 0.0976. The SMILES string of the molecule is CC(C)(C)[Si](C)(C)OC(c1ccccn1)(c1ccccn1)[C@@H]1CCCN1. The Hall–Kier alpha value is -1.56. The molecule has 1 aliphatic heterocycles. The first-order valence-corrected chi connectivity index (χ1v) is 12.4. The molecule has 1 fully saturated rings. The highest BCUT2D eigenvalue weighted by atomic mass is 28.4. The maximum atomic E-state index is 7.20. The van der Waals surface area contributed by atoms with E-state index in [-0.39, 0.29) is 11.1 Å². The third kappa shape index (κ3) is 3.48. The number of nitrogens with one attached hydrogen (secondary N) is 1. The fourth-order valence-electron chi connectivity index (χ4n) is 3.42. The molecule has 2 aromatic heterocycles. The summed E-state index contributed by atoms with van der Waals surface area (Å²) in [5.74, 6) is 0. The lowest BCUT2D eigenvalue weighted by Crippen LogP contribution is -2.57. The highest BCUT2D eigenvalue weighted by Crippen LogP contribution is 2.46. The van der Waals surface area contributed by atoms with Crippen LogP contribution in [0.1, 0.15) is 45.0 Å². The Kier molecular flexibility index (Phi) is 5.33. The minimum atomic E-state index is -2.09. The fourth-order valence-corrected chi connectivity index (χ4v) is 4.88. The summed E-state index contributed by atoms with van der Waals surface area (Å²) in [4.78, 5) is 9.51. The van der Waals surface area contributed by atoms with Gasteiger partial charge in [0.2, 0.25) is 0 Å². The summed E-state index contributed by atoms with van der Waals surface area (Å²) in [7, 11) is -2.09. The van der Waals surface area contributed by atoms with Gasteiger partial charge in [0, 0.05) is 18.4 Å². The lowest BCUT2D eigenvalue weighted by molar-refractivity contribution is 0.0479. The highest BCUT2D eigenvalue weighted by molar-refractivity contribution is 6.74. The van der Waals surface area contributed by atoms with Crippen LogP contribution in [-0.2, 0) is 10.0 Å². The van der Waals surface area contributed by atoms with E-state index < -0.39 is 13.9 Å². The molecule has 0 unspecified atom stereocenters. The van der Waals surface area contributed by atoms with Crippen LogP contribution in [-0.4, -0.2) is 30.9 Å². The molecule has 0 spiro atoms. The summed E-state index contributed by atoms with van der Waals surface area (Å²) in [5, 5.41) is 3.78. The molecule has 3 heterocycles. The first-order valence-electron chi connectivity index (χ1n) is 9.54. The molecule has 0 amide bonds. The monoisotopic (exact) mass is 369 g/mol. The van der Waals surface area contributed by atoms with Crippen molar-refractivity contribution < 1.29 is 4.43 Å². The standard InChI is InChI=1S/C21H31N3OSi/c1-20(2,3)26(4,5)25-21(19-13-10-16-24-19,17-11-6-8-14-22-17)18-12-7-9-15-23-18/h6-9,11-12,14-15,19,24H,10,13,16H2,1-5H3/t19-/m0/s1. The number of pyridine rings is 2. The Labute approximate surface area is 158 Å². The number of aromatic nitrogens is 2. The van der Waals surface area contributed by atoms with Crippen molar-refractivity contribution in [3.8, 4) is 0 Å². The number of hydrogen-bond donors (Lipinski definition) is 1. The molecule has 1 N–H and O–H groups in total. The fraction of sp³-hybridized carbons (Fsp3) is 0.524. The molecule has 0 aliphatic carbocycles. The van der Waals surface area contributed by atoms with Crippen LogP contribution in [0.2, 0.25) is 18.1 Å². The molecular weight excluding hydrogens is 338 g/mol. The Morgan fingerprint density at radius 2 is 1.58 bits per heavy atom. The highest BCUT2D eigenvalue weighted by Gasteiger charge is 2.52. The molecule has 3 rings (SSSR count). The van der Waals surface area contributed by atoms with E-state index in [1.54, 1.807) is 0 Å². The van der Waals surface area contributed by atoms with E-state index in [9.17, 15) is 0 Å². The lowest BCUT2D eigenvalue weighted by atomic mass is 9.85. The van der Waals surface area contributed by atoms with E-state index in [1.807, 2.05) is 36.7 Å². The first-order chi connectivity index (χ1) is 12.3. The van der Waals surface area contributed by atoms with Crippen LogP contribution >= 0.6 is 0 Å². The normalized spacial score (nSPS) is 18.9. The van der Waals surface area contributed by atoms with E-state index in [4.69, 9.17) is 14.4 Å². The molecule has 0 bridgehead atoms. The van der Waals surface area contributed by atoms with Crippen molar-refractivity contribution in [3.63, 3.8) is 0 Å². The van der Waals surface area contributed by atoms with Gasteiger partial charge in [0.1, 0.15) is 0 Å². The zero-order chi connectivity index (χ0) is 18.8. The van der Waals surface area contributed by atoms with Gasteiger partial charge in [-0.05, 0) is 61.8 Å². The third-order valence-electron chi connectivity index (χ3n) is 5.86. The molecule has 1 saturated heterocycles. The smallest absolute Gasteiger partial charge is 0.193 e. The van der Waals surface area contributed by atoms with Crippen molar-refractivity contribution in [1.82, 2.24) is 15.3 Å². The summed E-state index contributed by atoms with van der Waals surface area (Å²) >= 11 is 0. The minimum Gasteiger partial charge on any atom is -0.399 e. The molecule has 5 heteroatoms. The number of hydrogen-bond acceptors (Lipinski definition) is 4. The largest absolute Gasteiger partial charge is 0.399 e. The van der Waals surface area contributed by atoms with Gasteiger partial charge in [-0.1, -0.05) is 32.9 Å². The second-order valence-corrected chi connectivity index (χ2v) is 13.4. The maximum Gasteiger partial charge on any atom is 0.193 e. The molecule has 140 valence electrons. The zero-order valence-corrected chi connectivity index (χ0v) is 17.6. The molecule has 1 atom stereocenters. The zero-order valence-electron chi connectivity index (χ0n) is 16.6. The predicted molar refractivity (Wildman–Crippen MR) is 109 cm³/mol. The Balaban J connectivity index is 2.22. The topological polar surface area (TPSA) is 47.0 Å². The van der Waals surface area contributed by atoms with Crippen molar-refractivity contribution in [3.05, 3.63) is 60.2 Å². The van der Waals surface area contributed by atoms with Gasteiger partial charge in [-0.15, -0.1) is 0 Å². The summed E-state index contributed by atoms with van der Waals surface area (Å²) in [6, 6.07) is 12.3. The van der Waals surface area contributed by atoms with Gasteiger partial charge in [-0.2, -0.15) is 0 Å². The van der Waals surface area contributed by atoms with Gasteiger partial charge in [0.25, 0.3) is 0 Å². The van der Waals surface area contributed by atoms with Crippen LogP contribution in [0.25, 0.3) is 0 Å². The van der Waals surface area contributed by atoms with Crippen molar-refractivity contribution in [1.29, 1.82) is 0 Å². The summed E-state index contributed by atoms with van der Waals surface area (Å²) in [6.45, 7) is 12.5. The van der Waals surface area contributed by atoms with Crippen molar-refractivity contribution in [2.45, 2.75) is 63.4 Å². The quantitative estimate of drug-likeness (QED) is 0.789. The Morgan fingerprint density at radius 3 is 1.96 bits per heavy atom. The molecule has 0 saturated carbocycles. The van der Waals surface area contributed by atoms with E-state index in [0.29, 0.717) is 0 Å². The van der Waals surface area contributed by atoms with Crippen LogP contribution in [0.5, 0.6) is 0 Å². The molecule has 2 aromatic rings. The first kappa shape index (κ1) is 19.2. The van der Waals surface area contributed by atoms with Crippen LogP contribution in [0.4, 0.5) is 0 Å². The molecule has 26 heavy (non-hydrogen) atoms. The molecular formula is C21H31N3OSi. The molecule has 0 radical (unpaired) electrons. The molecule has 4 nitrogen and oxygen atoms in total.